The highest BCUT2D eigenvalue weighted by atomic mass is 15.1. The quantitative estimate of drug-likeness (QED) is 0.758. The number of fused-ring (bicyclic) bond motifs is 1. The predicted molar refractivity (Wildman–Crippen MR) is 70.1 cm³/mol. The summed E-state index contributed by atoms with van der Waals surface area (Å²) in [6.07, 6.45) is 8.50. The molecular formula is C14H17N3. The van der Waals surface area contributed by atoms with Crippen molar-refractivity contribution in [3.63, 3.8) is 0 Å². The first-order valence-corrected chi connectivity index (χ1v) is 5.98. The van der Waals surface area contributed by atoms with E-state index < -0.39 is 0 Å². The van der Waals surface area contributed by atoms with E-state index in [1.807, 2.05) is 12.3 Å². The molecular weight excluding hydrogens is 210 g/mol. The van der Waals surface area contributed by atoms with Gasteiger partial charge in [0.25, 0.3) is 0 Å². The number of likely N-dealkylation sites (N-methyl/N-ethyl adjacent to an activating group) is 1. The van der Waals surface area contributed by atoms with Gasteiger partial charge in [-0.15, -0.1) is 0 Å². The van der Waals surface area contributed by atoms with Crippen LogP contribution in [0.5, 0.6) is 0 Å². The van der Waals surface area contributed by atoms with Gasteiger partial charge in [-0.2, -0.15) is 0 Å². The highest BCUT2D eigenvalue weighted by Gasteiger charge is 2.30. The van der Waals surface area contributed by atoms with Gasteiger partial charge in [0.2, 0.25) is 0 Å². The van der Waals surface area contributed by atoms with Crippen molar-refractivity contribution in [2.75, 3.05) is 20.1 Å². The summed E-state index contributed by atoms with van der Waals surface area (Å²) in [7, 11) is 2.16. The van der Waals surface area contributed by atoms with Crippen LogP contribution in [-0.4, -0.2) is 35.0 Å². The lowest BCUT2D eigenvalue weighted by atomic mass is 9.80. The number of aromatic amines is 1. The van der Waals surface area contributed by atoms with E-state index in [9.17, 15) is 0 Å². The normalized spacial score (nSPS) is 25.5. The minimum atomic E-state index is 0.0777. The van der Waals surface area contributed by atoms with E-state index in [0.717, 1.165) is 18.7 Å². The van der Waals surface area contributed by atoms with Crippen LogP contribution in [0, 0.1) is 0 Å². The minimum absolute atomic E-state index is 0.0777. The topological polar surface area (TPSA) is 31.9 Å². The molecule has 0 saturated carbocycles. The molecule has 3 heterocycles. The summed E-state index contributed by atoms with van der Waals surface area (Å²) in [5.74, 6) is 0. The second kappa shape index (κ2) is 3.70. The molecule has 88 valence electrons. The largest absolute Gasteiger partial charge is 0.346 e. The Morgan fingerprint density at radius 2 is 2.35 bits per heavy atom. The molecule has 17 heavy (non-hydrogen) atoms. The number of aromatic nitrogens is 2. The molecule has 3 heteroatoms. The number of hydrogen-bond donors (Lipinski definition) is 1. The Morgan fingerprint density at radius 3 is 3.18 bits per heavy atom. The molecule has 3 nitrogen and oxygen atoms in total. The number of hydrogen-bond acceptors (Lipinski definition) is 2. The summed E-state index contributed by atoms with van der Waals surface area (Å²) in [4.78, 5) is 9.96. The fraction of sp³-hybridized carbons (Fsp3) is 0.357. The maximum Gasteiger partial charge on any atom is 0.137 e. The lowest BCUT2D eigenvalue weighted by Gasteiger charge is -2.34. The first-order valence-electron chi connectivity index (χ1n) is 5.98. The fourth-order valence-electron chi connectivity index (χ4n) is 2.77. The van der Waals surface area contributed by atoms with Crippen LogP contribution in [0.1, 0.15) is 12.5 Å². The van der Waals surface area contributed by atoms with Crippen molar-refractivity contribution in [2.24, 2.45) is 0 Å². The van der Waals surface area contributed by atoms with Crippen molar-refractivity contribution in [1.29, 1.82) is 0 Å². The monoisotopic (exact) mass is 227 g/mol. The molecule has 1 atom stereocenters. The zero-order chi connectivity index (χ0) is 11.9. The van der Waals surface area contributed by atoms with E-state index >= 15 is 0 Å². The Balaban J connectivity index is 2.15. The summed E-state index contributed by atoms with van der Waals surface area (Å²) < 4.78 is 0. The first-order chi connectivity index (χ1) is 8.19. The van der Waals surface area contributed by atoms with Crippen molar-refractivity contribution >= 4 is 11.0 Å². The Labute approximate surface area is 101 Å². The summed E-state index contributed by atoms with van der Waals surface area (Å²) in [5, 5.41) is 1.23. The Morgan fingerprint density at radius 1 is 1.47 bits per heavy atom. The van der Waals surface area contributed by atoms with Crippen LogP contribution >= 0.6 is 0 Å². The van der Waals surface area contributed by atoms with Gasteiger partial charge in [-0.25, -0.2) is 4.98 Å². The van der Waals surface area contributed by atoms with Gasteiger partial charge in [0.15, 0.2) is 0 Å². The Hall–Kier alpha value is -1.61. The maximum atomic E-state index is 4.35. The SMILES string of the molecule is CN1CC=CC(C)(c2c[nH]c3ncccc23)C1. The van der Waals surface area contributed by atoms with E-state index in [1.54, 1.807) is 0 Å². The molecule has 1 N–H and O–H groups in total. The molecule has 0 radical (unpaired) electrons. The van der Waals surface area contributed by atoms with Gasteiger partial charge in [-0.3, -0.25) is 0 Å². The lowest BCUT2D eigenvalue weighted by Crippen LogP contribution is -2.38. The predicted octanol–water partition coefficient (Wildman–Crippen LogP) is 2.32. The lowest BCUT2D eigenvalue weighted by molar-refractivity contribution is 0.295. The van der Waals surface area contributed by atoms with Gasteiger partial charge in [-0.05, 0) is 24.7 Å². The second-order valence-corrected chi connectivity index (χ2v) is 5.12. The highest BCUT2D eigenvalue weighted by molar-refractivity contribution is 5.81. The summed E-state index contributed by atoms with van der Waals surface area (Å²) in [6, 6.07) is 4.14. The zero-order valence-corrected chi connectivity index (χ0v) is 10.3. The van der Waals surface area contributed by atoms with Gasteiger partial charge in [0.05, 0.1) is 0 Å². The molecule has 1 unspecified atom stereocenters. The molecule has 0 fully saturated rings. The van der Waals surface area contributed by atoms with Gasteiger partial charge >= 0.3 is 0 Å². The van der Waals surface area contributed by atoms with Crippen LogP contribution in [-0.2, 0) is 5.41 Å². The van der Waals surface area contributed by atoms with Crippen LogP contribution in [0.25, 0.3) is 11.0 Å². The molecule has 0 spiro atoms. The van der Waals surface area contributed by atoms with Gasteiger partial charge in [-0.1, -0.05) is 19.1 Å². The zero-order valence-electron chi connectivity index (χ0n) is 10.3. The van der Waals surface area contributed by atoms with E-state index in [1.165, 1.54) is 10.9 Å². The van der Waals surface area contributed by atoms with E-state index in [2.05, 4.69) is 53.3 Å². The summed E-state index contributed by atoms with van der Waals surface area (Å²) in [5.41, 5.74) is 2.39. The molecule has 0 aromatic carbocycles. The number of nitrogens with zero attached hydrogens (tertiary/aromatic N) is 2. The van der Waals surface area contributed by atoms with Crippen LogP contribution < -0.4 is 0 Å². The van der Waals surface area contributed by atoms with Crippen molar-refractivity contribution in [1.82, 2.24) is 14.9 Å². The molecule has 2 aromatic rings. The third-order valence-corrected chi connectivity index (χ3v) is 3.57. The molecule has 0 saturated heterocycles. The summed E-state index contributed by atoms with van der Waals surface area (Å²) >= 11 is 0. The van der Waals surface area contributed by atoms with E-state index in [0.29, 0.717) is 0 Å². The Bertz CT molecular complexity index is 570. The van der Waals surface area contributed by atoms with Crippen LogP contribution in [0.2, 0.25) is 0 Å². The molecule has 2 aromatic heterocycles. The van der Waals surface area contributed by atoms with Crippen molar-refractivity contribution in [3.05, 3.63) is 42.2 Å². The maximum absolute atomic E-state index is 4.35. The van der Waals surface area contributed by atoms with Crippen molar-refractivity contribution in [2.45, 2.75) is 12.3 Å². The highest BCUT2D eigenvalue weighted by Crippen LogP contribution is 2.33. The minimum Gasteiger partial charge on any atom is -0.346 e. The third kappa shape index (κ3) is 1.67. The van der Waals surface area contributed by atoms with Crippen LogP contribution in [0.3, 0.4) is 0 Å². The standard InChI is InChI=1S/C14H17N3/c1-14(6-4-8-17(2)10-14)12-9-16-13-11(12)5-3-7-15-13/h3-7,9H,8,10H2,1-2H3,(H,15,16). The molecule has 0 amide bonds. The van der Waals surface area contributed by atoms with Crippen LogP contribution in [0.4, 0.5) is 0 Å². The number of rotatable bonds is 1. The number of nitrogens with one attached hydrogen (secondary N) is 1. The average molecular weight is 227 g/mol. The van der Waals surface area contributed by atoms with E-state index in [-0.39, 0.29) is 5.41 Å². The molecule has 1 aliphatic rings. The van der Waals surface area contributed by atoms with Gasteiger partial charge in [0.1, 0.15) is 5.65 Å². The number of pyridine rings is 1. The molecule has 3 rings (SSSR count). The molecule has 0 aliphatic carbocycles. The molecule has 1 aliphatic heterocycles. The molecule has 0 bridgehead atoms. The van der Waals surface area contributed by atoms with Gasteiger partial charge in [0, 0.05) is 36.3 Å². The fourth-order valence-corrected chi connectivity index (χ4v) is 2.77. The second-order valence-electron chi connectivity index (χ2n) is 5.12. The van der Waals surface area contributed by atoms with Crippen molar-refractivity contribution in [3.8, 4) is 0 Å². The number of H-pyrrole nitrogens is 1. The third-order valence-electron chi connectivity index (χ3n) is 3.57. The van der Waals surface area contributed by atoms with Crippen molar-refractivity contribution < 1.29 is 0 Å². The smallest absolute Gasteiger partial charge is 0.137 e. The first kappa shape index (κ1) is 10.5. The van der Waals surface area contributed by atoms with Crippen LogP contribution in [0.15, 0.2) is 36.7 Å². The Kier molecular flexibility index (Phi) is 2.30. The van der Waals surface area contributed by atoms with Gasteiger partial charge < -0.3 is 9.88 Å². The van der Waals surface area contributed by atoms with E-state index in [4.69, 9.17) is 0 Å². The summed E-state index contributed by atoms with van der Waals surface area (Å²) in [6.45, 7) is 4.37. The average Bonchev–Trinajstić information content (AvgIpc) is 2.72.